The molecule has 5 aromatic carbocycles. The minimum absolute atomic E-state index is 0.0629. The number of nitrogens with zero attached hydrogens (tertiary/aromatic N) is 2. The van der Waals surface area contributed by atoms with Crippen molar-refractivity contribution in [2.45, 2.75) is 67.7 Å². The van der Waals surface area contributed by atoms with E-state index in [-0.39, 0.29) is 37.3 Å². The first kappa shape index (κ1) is 52.7. The summed E-state index contributed by atoms with van der Waals surface area (Å²) in [5.41, 5.74) is 7.23. The van der Waals surface area contributed by atoms with Crippen LogP contribution < -0.4 is 10.9 Å². The lowest BCUT2D eigenvalue weighted by Gasteiger charge is -2.34. The van der Waals surface area contributed by atoms with Crippen molar-refractivity contribution in [3.8, 4) is 0 Å². The van der Waals surface area contributed by atoms with Gasteiger partial charge in [0, 0.05) is 87.7 Å². The maximum atomic E-state index is 12.1. The number of carbonyl (C=O) groups excluding carboxylic acids is 2. The predicted octanol–water partition coefficient (Wildman–Crippen LogP) is 7.81. The lowest BCUT2D eigenvalue weighted by molar-refractivity contribution is -0.141. The third kappa shape index (κ3) is 14.7. The Balaban J connectivity index is 1.21. The van der Waals surface area contributed by atoms with Crippen molar-refractivity contribution in [2.75, 3.05) is 79.2 Å². The number of benzene rings is 5. The van der Waals surface area contributed by atoms with Gasteiger partial charge in [0.1, 0.15) is 13.2 Å². The van der Waals surface area contributed by atoms with E-state index in [0.29, 0.717) is 90.1 Å². The van der Waals surface area contributed by atoms with Gasteiger partial charge in [0.15, 0.2) is 0 Å². The topological polar surface area (TPSA) is 114 Å². The molecular weight excluding hydrogens is 882 g/mol. The number of hydrogen-bond acceptors (Lipinski definition) is 12. The Bertz CT molecular complexity index is 2580. The normalized spacial score (nSPS) is 15.7. The van der Waals surface area contributed by atoms with Crippen molar-refractivity contribution in [3.05, 3.63) is 144 Å². The molecule has 2 aliphatic heterocycles. The Morgan fingerprint density at radius 2 is 0.971 bits per heavy atom. The van der Waals surface area contributed by atoms with Gasteiger partial charge in [-0.2, -0.15) is 0 Å². The average molecular weight is 953 g/mol. The molecule has 14 heteroatoms. The van der Waals surface area contributed by atoms with Crippen LogP contribution in [0.3, 0.4) is 0 Å². The number of fused-ring (bicyclic) bond motifs is 2. The summed E-state index contributed by atoms with van der Waals surface area (Å²) in [6, 6.07) is 34.2. The van der Waals surface area contributed by atoms with E-state index in [2.05, 4.69) is 136 Å². The van der Waals surface area contributed by atoms with Crippen LogP contribution in [0.15, 0.2) is 121 Å². The number of esters is 2. The van der Waals surface area contributed by atoms with Gasteiger partial charge in [0.25, 0.3) is 0 Å². The van der Waals surface area contributed by atoms with E-state index in [4.69, 9.17) is 37.6 Å². The molecule has 2 aliphatic rings. The van der Waals surface area contributed by atoms with Gasteiger partial charge in [-0.3, -0.25) is 9.80 Å². The molecular formula is C56H70B2N2O10. The second-order valence-corrected chi connectivity index (χ2v) is 20.2. The molecule has 7 rings (SSSR count). The van der Waals surface area contributed by atoms with Gasteiger partial charge in [0.05, 0.1) is 26.4 Å². The van der Waals surface area contributed by atoms with E-state index >= 15 is 0 Å². The maximum absolute atomic E-state index is 12.1. The van der Waals surface area contributed by atoms with Crippen LogP contribution in [-0.4, -0.2) is 115 Å². The summed E-state index contributed by atoms with van der Waals surface area (Å²) in [7, 11) is -0.930. The molecule has 70 heavy (non-hydrogen) atoms. The molecule has 5 aromatic rings. The average Bonchev–Trinajstić information content (AvgIpc) is 3.33. The van der Waals surface area contributed by atoms with Crippen LogP contribution >= 0.6 is 0 Å². The van der Waals surface area contributed by atoms with E-state index < -0.39 is 26.2 Å². The Morgan fingerprint density at radius 1 is 0.543 bits per heavy atom. The summed E-state index contributed by atoms with van der Waals surface area (Å²) in [5.74, 6) is -0.853. The number of hydrogen-bond donors (Lipinski definition) is 0. The Kier molecular flexibility index (Phi) is 18.7. The SMILES string of the molecule is C=C(C)C(=O)OCCOCCN(Cc1ccccc1B1OCC(C)(C)CO1)Cc1cccc2cc3ccccc3c(CN(CCOCCOC(=O)C(=C)C)Cc3ccccc3B3OCC(C)(C)CO3)c12. The smallest absolute Gasteiger partial charge is 0.460 e. The van der Waals surface area contributed by atoms with Gasteiger partial charge in [-0.15, -0.1) is 0 Å². The van der Waals surface area contributed by atoms with Gasteiger partial charge in [0.2, 0.25) is 0 Å². The highest BCUT2D eigenvalue weighted by atomic mass is 16.6. The zero-order chi connectivity index (χ0) is 49.7. The fraction of sp³-hybridized carbons (Fsp3) is 0.429. The van der Waals surface area contributed by atoms with Crippen LogP contribution in [0.4, 0.5) is 0 Å². The zero-order valence-electron chi connectivity index (χ0n) is 42.1. The maximum Gasteiger partial charge on any atom is 0.494 e. The van der Waals surface area contributed by atoms with Gasteiger partial charge in [-0.05, 0) is 74.6 Å². The van der Waals surface area contributed by atoms with Crippen molar-refractivity contribution in [1.82, 2.24) is 9.80 Å². The van der Waals surface area contributed by atoms with E-state index in [1.54, 1.807) is 13.8 Å². The van der Waals surface area contributed by atoms with Gasteiger partial charge >= 0.3 is 26.2 Å². The predicted molar refractivity (Wildman–Crippen MR) is 278 cm³/mol. The summed E-state index contributed by atoms with van der Waals surface area (Å²) in [5, 5.41) is 4.68. The molecule has 2 saturated heterocycles. The van der Waals surface area contributed by atoms with Crippen LogP contribution in [0.2, 0.25) is 0 Å². The molecule has 0 saturated carbocycles. The van der Waals surface area contributed by atoms with Crippen molar-refractivity contribution >= 4 is 58.6 Å². The van der Waals surface area contributed by atoms with Crippen LogP contribution in [0.1, 0.15) is 63.8 Å². The Hall–Kier alpha value is -5.15. The van der Waals surface area contributed by atoms with Crippen LogP contribution in [-0.2, 0) is 73.3 Å². The molecule has 0 aromatic heterocycles. The molecule has 2 heterocycles. The van der Waals surface area contributed by atoms with Gasteiger partial charge in [-0.25, -0.2) is 9.59 Å². The molecule has 0 atom stereocenters. The summed E-state index contributed by atoms with van der Waals surface area (Å²) in [6.07, 6.45) is 0. The van der Waals surface area contributed by atoms with Gasteiger partial charge < -0.3 is 37.6 Å². The lowest BCUT2D eigenvalue weighted by Crippen LogP contribution is -2.49. The molecule has 0 spiro atoms. The quantitative estimate of drug-likeness (QED) is 0.0198. The number of carbonyl (C=O) groups is 2. The van der Waals surface area contributed by atoms with Crippen molar-refractivity contribution in [2.24, 2.45) is 10.8 Å². The Labute approximate surface area is 415 Å². The number of ether oxygens (including phenoxy) is 4. The molecule has 0 amide bonds. The molecule has 12 nitrogen and oxygen atoms in total. The van der Waals surface area contributed by atoms with Crippen LogP contribution in [0.25, 0.3) is 21.5 Å². The highest BCUT2D eigenvalue weighted by Crippen LogP contribution is 2.34. The summed E-state index contributed by atoms with van der Waals surface area (Å²) >= 11 is 0. The third-order valence-corrected chi connectivity index (χ3v) is 12.5. The van der Waals surface area contributed by atoms with E-state index in [1.165, 1.54) is 21.9 Å². The molecule has 0 unspecified atom stereocenters. The highest BCUT2D eigenvalue weighted by Gasteiger charge is 2.36. The molecule has 0 bridgehead atoms. The molecule has 0 N–H and O–H groups in total. The molecule has 0 radical (unpaired) electrons. The second-order valence-electron chi connectivity index (χ2n) is 20.2. The van der Waals surface area contributed by atoms with Crippen LogP contribution in [0.5, 0.6) is 0 Å². The molecule has 370 valence electrons. The first-order valence-electron chi connectivity index (χ1n) is 24.5. The minimum atomic E-state index is -0.468. The first-order valence-corrected chi connectivity index (χ1v) is 24.5. The summed E-state index contributed by atoms with van der Waals surface area (Å²) < 4.78 is 48.2. The van der Waals surface area contributed by atoms with Crippen molar-refractivity contribution in [1.29, 1.82) is 0 Å². The standard InChI is InChI=1S/C56H70B2N2O10/c1-41(2)53(61)65-30-28-63-26-24-59(33-45-17-10-13-22-50(45)57-67-37-55(5,6)38-68-57)35-47-20-15-19-44-32-43-16-9-12-21-48(43)49(52(44)47)36-60(25-27-64-29-31-66-54(62)42(3)4)34-46-18-11-14-23-51(46)58-69-39-56(7,8)40-70-58/h9-23,32H,1,3,24-31,33-40H2,2,4-8H3. The molecule has 2 fully saturated rings. The van der Waals surface area contributed by atoms with E-state index in [9.17, 15) is 9.59 Å². The summed E-state index contributed by atoms with van der Waals surface area (Å²) in [4.78, 5) is 29.0. The second kappa shape index (κ2) is 24.8. The monoisotopic (exact) mass is 953 g/mol. The highest BCUT2D eigenvalue weighted by molar-refractivity contribution is 6.62. The third-order valence-electron chi connectivity index (χ3n) is 12.5. The number of rotatable bonds is 24. The minimum Gasteiger partial charge on any atom is -0.460 e. The largest absolute Gasteiger partial charge is 0.494 e. The molecule has 0 aliphatic carbocycles. The summed E-state index contributed by atoms with van der Waals surface area (Å²) in [6.45, 7) is 27.0. The van der Waals surface area contributed by atoms with E-state index in [1.807, 2.05) is 12.1 Å². The van der Waals surface area contributed by atoms with Crippen molar-refractivity contribution < 1.29 is 47.2 Å². The lowest BCUT2D eigenvalue weighted by atomic mass is 9.73. The fourth-order valence-corrected chi connectivity index (χ4v) is 8.76. The Morgan fingerprint density at radius 3 is 1.49 bits per heavy atom. The zero-order valence-corrected chi connectivity index (χ0v) is 42.1. The fourth-order valence-electron chi connectivity index (χ4n) is 8.76. The van der Waals surface area contributed by atoms with E-state index in [0.717, 1.165) is 32.8 Å². The van der Waals surface area contributed by atoms with Gasteiger partial charge in [-0.1, -0.05) is 132 Å². The first-order chi connectivity index (χ1) is 33.7. The van der Waals surface area contributed by atoms with Crippen molar-refractivity contribution in [3.63, 3.8) is 0 Å². The van der Waals surface area contributed by atoms with Crippen LogP contribution in [0, 0.1) is 10.8 Å².